The zero-order valence-corrected chi connectivity index (χ0v) is 16.4. The lowest BCUT2D eigenvalue weighted by Crippen LogP contribution is -2.45. The molecule has 0 aromatic heterocycles. The van der Waals surface area contributed by atoms with E-state index < -0.39 is 31.0 Å². The fourth-order valence-corrected chi connectivity index (χ4v) is 8.18. The Morgan fingerprint density at radius 1 is 1.23 bits per heavy atom. The SMILES string of the molecule is CCOc1ccc(S(=O)(=O)[C@H]2CS(=O)(=O)C[C@@H]2NCC2CCCO2)cc1. The average molecular weight is 404 g/mol. The quantitative estimate of drug-likeness (QED) is 0.719. The minimum Gasteiger partial charge on any atom is -0.494 e. The van der Waals surface area contributed by atoms with Crippen LogP contribution in [0.15, 0.2) is 29.2 Å². The monoisotopic (exact) mass is 403 g/mol. The molecule has 1 unspecified atom stereocenters. The first-order chi connectivity index (χ1) is 12.3. The second-order valence-electron chi connectivity index (χ2n) is 6.71. The zero-order valence-electron chi connectivity index (χ0n) is 14.8. The van der Waals surface area contributed by atoms with E-state index in [9.17, 15) is 16.8 Å². The van der Waals surface area contributed by atoms with Crippen molar-refractivity contribution in [3.63, 3.8) is 0 Å². The molecule has 0 bridgehead atoms. The predicted molar refractivity (Wildman–Crippen MR) is 98.0 cm³/mol. The van der Waals surface area contributed by atoms with Gasteiger partial charge in [0.2, 0.25) is 0 Å². The summed E-state index contributed by atoms with van der Waals surface area (Å²) in [7, 11) is -7.18. The molecule has 146 valence electrons. The van der Waals surface area contributed by atoms with Crippen LogP contribution in [0.25, 0.3) is 0 Å². The first-order valence-electron chi connectivity index (χ1n) is 8.84. The summed E-state index contributed by atoms with van der Waals surface area (Å²) in [5, 5.41) is 2.14. The molecule has 1 aromatic rings. The van der Waals surface area contributed by atoms with E-state index in [1.54, 1.807) is 12.1 Å². The van der Waals surface area contributed by atoms with Gasteiger partial charge in [0.15, 0.2) is 19.7 Å². The van der Waals surface area contributed by atoms with Gasteiger partial charge in [-0.1, -0.05) is 0 Å². The van der Waals surface area contributed by atoms with Crippen molar-refractivity contribution in [2.24, 2.45) is 0 Å². The van der Waals surface area contributed by atoms with E-state index in [0.29, 0.717) is 25.5 Å². The smallest absolute Gasteiger partial charge is 0.183 e. The zero-order chi connectivity index (χ0) is 18.8. The van der Waals surface area contributed by atoms with Gasteiger partial charge in [0.1, 0.15) is 5.75 Å². The van der Waals surface area contributed by atoms with Crippen molar-refractivity contribution in [3.05, 3.63) is 24.3 Å². The van der Waals surface area contributed by atoms with Crippen molar-refractivity contribution in [1.29, 1.82) is 0 Å². The van der Waals surface area contributed by atoms with E-state index in [0.717, 1.165) is 12.8 Å². The molecular weight excluding hydrogens is 378 g/mol. The van der Waals surface area contributed by atoms with Gasteiger partial charge >= 0.3 is 0 Å². The molecule has 26 heavy (non-hydrogen) atoms. The third-order valence-electron chi connectivity index (χ3n) is 4.79. The molecule has 0 saturated carbocycles. The van der Waals surface area contributed by atoms with E-state index in [2.05, 4.69) is 5.32 Å². The third-order valence-corrected chi connectivity index (χ3v) is 8.96. The molecular formula is C17H25NO6S2. The Morgan fingerprint density at radius 2 is 1.96 bits per heavy atom. The Morgan fingerprint density at radius 3 is 2.58 bits per heavy atom. The van der Waals surface area contributed by atoms with E-state index in [-0.39, 0.29) is 22.5 Å². The number of sulfone groups is 2. The van der Waals surface area contributed by atoms with Gasteiger partial charge in [0.25, 0.3) is 0 Å². The summed E-state index contributed by atoms with van der Waals surface area (Å²) in [6, 6.07) is 5.51. The van der Waals surface area contributed by atoms with Gasteiger partial charge in [-0.05, 0) is 44.0 Å². The number of nitrogens with one attached hydrogen (secondary N) is 1. The highest BCUT2D eigenvalue weighted by atomic mass is 32.2. The standard InChI is InChI=1S/C17H25NO6S2/c1-2-23-13-5-7-15(8-6-13)26(21,22)17-12-25(19,20)11-16(17)18-10-14-4-3-9-24-14/h5-8,14,16-18H,2-4,9-12H2,1H3/t14?,16-,17-/m0/s1. The van der Waals surface area contributed by atoms with E-state index in [4.69, 9.17) is 9.47 Å². The van der Waals surface area contributed by atoms with Gasteiger partial charge in [0.05, 0.1) is 34.4 Å². The van der Waals surface area contributed by atoms with Crippen LogP contribution in [0, 0.1) is 0 Å². The topological polar surface area (TPSA) is 98.8 Å². The maximum atomic E-state index is 13.0. The summed E-state index contributed by atoms with van der Waals surface area (Å²) in [5.74, 6) is 0.0605. The molecule has 2 saturated heterocycles. The van der Waals surface area contributed by atoms with Crippen LogP contribution in [0.5, 0.6) is 5.75 Å². The Labute approximate surface area is 154 Å². The predicted octanol–water partition coefficient (Wildman–Crippen LogP) is 0.793. The van der Waals surface area contributed by atoms with Gasteiger partial charge < -0.3 is 14.8 Å². The van der Waals surface area contributed by atoms with Crippen molar-refractivity contribution in [3.8, 4) is 5.75 Å². The Kier molecular flexibility index (Phi) is 5.91. The lowest BCUT2D eigenvalue weighted by Gasteiger charge is -2.21. The third kappa shape index (κ3) is 4.39. The summed E-state index contributed by atoms with van der Waals surface area (Å²) in [5.41, 5.74) is 0. The van der Waals surface area contributed by atoms with Crippen molar-refractivity contribution in [2.75, 3.05) is 31.3 Å². The second-order valence-corrected chi connectivity index (χ2v) is 11.0. The molecule has 0 radical (unpaired) electrons. The number of hydrogen-bond donors (Lipinski definition) is 1. The minimum absolute atomic E-state index is 0.0205. The lowest BCUT2D eigenvalue weighted by atomic mass is 10.2. The maximum absolute atomic E-state index is 13.0. The number of ether oxygens (including phenoxy) is 2. The van der Waals surface area contributed by atoms with E-state index in [1.165, 1.54) is 12.1 Å². The molecule has 9 heteroatoms. The summed E-state index contributed by atoms with van der Waals surface area (Å²) >= 11 is 0. The molecule has 2 fully saturated rings. The van der Waals surface area contributed by atoms with Crippen LogP contribution in [-0.2, 0) is 24.4 Å². The van der Waals surface area contributed by atoms with Crippen LogP contribution in [0.1, 0.15) is 19.8 Å². The molecule has 2 heterocycles. The summed E-state index contributed by atoms with van der Waals surface area (Å²) < 4.78 is 61.1. The van der Waals surface area contributed by atoms with Crippen LogP contribution in [0.4, 0.5) is 0 Å². The first kappa shape index (κ1) is 19.6. The molecule has 3 rings (SSSR count). The lowest BCUT2D eigenvalue weighted by molar-refractivity contribution is 0.108. The minimum atomic E-state index is -3.77. The van der Waals surface area contributed by atoms with Gasteiger partial charge in [-0.2, -0.15) is 0 Å². The van der Waals surface area contributed by atoms with Crippen molar-refractivity contribution < 1.29 is 26.3 Å². The number of benzene rings is 1. The highest BCUT2D eigenvalue weighted by Crippen LogP contribution is 2.27. The normalized spacial score (nSPS) is 28.3. The Bertz CT molecular complexity index is 813. The molecule has 0 amide bonds. The molecule has 0 spiro atoms. The van der Waals surface area contributed by atoms with Crippen LogP contribution >= 0.6 is 0 Å². The van der Waals surface area contributed by atoms with Gasteiger partial charge in [-0.25, -0.2) is 16.8 Å². The molecule has 1 N–H and O–H groups in total. The molecule has 7 nitrogen and oxygen atoms in total. The van der Waals surface area contributed by atoms with Crippen molar-refractivity contribution >= 4 is 19.7 Å². The van der Waals surface area contributed by atoms with E-state index in [1.807, 2.05) is 6.92 Å². The van der Waals surface area contributed by atoms with Crippen LogP contribution in [-0.4, -0.2) is 65.5 Å². The van der Waals surface area contributed by atoms with E-state index >= 15 is 0 Å². The van der Waals surface area contributed by atoms with Crippen LogP contribution < -0.4 is 10.1 Å². The van der Waals surface area contributed by atoms with Gasteiger partial charge in [-0.3, -0.25) is 0 Å². The summed E-state index contributed by atoms with van der Waals surface area (Å²) in [4.78, 5) is 0.118. The molecule has 2 aliphatic rings. The van der Waals surface area contributed by atoms with Gasteiger partial charge in [-0.15, -0.1) is 0 Å². The molecule has 1 aromatic carbocycles. The highest BCUT2D eigenvalue weighted by molar-refractivity contribution is 7.96. The van der Waals surface area contributed by atoms with Crippen LogP contribution in [0.2, 0.25) is 0 Å². The average Bonchev–Trinajstić information content (AvgIpc) is 3.21. The molecule has 2 aliphatic heterocycles. The summed E-state index contributed by atoms with van der Waals surface area (Å²) in [6.45, 7) is 3.50. The fourth-order valence-electron chi connectivity index (χ4n) is 3.47. The fraction of sp³-hybridized carbons (Fsp3) is 0.647. The van der Waals surface area contributed by atoms with Crippen LogP contribution in [0.3, 0.4) is 0 Å². The van der Waals surface area contributed by atoms with Crippen molar-refractivity contribution in [1.82, 2.24) is 5.32 Å². The Balaban J connectivity index is 1.78. The van der Waals surface area contributed by atoms with Crippen molar-refractivity contribution in [2.45, 2.75) is 42.1 Å². The summed E-state index contributed by atoms with van der Waals surface area (Å²) in [6.07, 6.45) is 1.90. The van der Waals surface area contributed by atoms with Gasteiger partial charge in [0, 0.05) is 19.2 Å². The number of hydrogen-bond acceptors (Lipinski definition) is 7. The Hall–Kier alpha value is -1.16. The molecule has 3 atom stereocenters. The molecule has 0 aliphatic carbocycles. The highest BCUT2D eigenvalue weighted by Gasteiger charge is 2.45. The maximum Gasteiger partial charge on any atom is 0.183 e. The first-order valence-corrected chi connectivity index (χ1v) is 12.2. The largest absolute Gasteiger partial charge is 0.494 e. The second kappa shape index (κ2) is 7.84. The number of rotatable bonds is 7.